The molecule has 1 amide bonds. The maximum atomic E-state index is 13.3. The van der Waals surface area contributed by atoms with Gasteiger partial charge in [-0.15, -0.1) is 0 Å². The second-order valence-corrected chi connectivity index (χ2v) is 7.63. The minimum absolute atomic E-state index is 0.0242. The molecule has 0 aliphatic rings. The van der Waals surface area contributed by atoms with Crippen LogP contribution < -0.4 is 0 Å². The molecule has 0 aliphatic carbocycles. The Kier molecular flexibility index (Phi) is 6.90. The van der Waals surface area contributed by atoms with Crippen molar-refractivity contribution in [1.82, 2.24) is 9.47 Å². The van der Waals surface area contributed by atoms with Crippen LogP contribution >= 0.6 is 11.6 Å². The van der Waals surface area contributed by atoms with Crippen LogP contribution in [-0.2, 0) is 13.1 Å². The predicted molar refractivity (Wildman–Crippen MR) is 118 cm³/mol. The van der Waals surface area contributed by atoms with Gasteiger partial charge in [-0.1, -0.05) is 48.9 Å². The fraction of sp³-hybridized carbons (Fsp3) is 0.261. The highest BCUT2D eigenvalue weighted by atomic mass is 35.5. The van der Waals surface area contributed by atoms with E-state index in [1.807, 2.05) is 50.4 Å². The second-order valence-electron chi connectivity index (χ2n) is 7.22. The zero-order chi connectivity index (χ0) is 21.7. The molecule has 0 N–H and O–H groups in total. The van der Waals surface area contributed by atoms with E-state index >= 15 is 0 Å². The minimum Gasteiger partial charge on any atom is -0.345 e. The van der Waals surface area contributed by atoms with Crippen molar-refractivity contribution in [2.24, 2.45) is 0 Å². The van der Waals surface area contributed by atoms with Gasteiger partial charge in [-0.2, -0.15) is 0 Å². The Morgan fingerprint density at radius 2 is 1.90 bits per heavy atom. The number of rotatable bonds is 8. The number of nitro benzene ring substituents is 1. The van der Waals surface area contributed by atoms with Crippen molar-refractivity contribution in [2.75, 3.05) is 0 Å². The zero-order valence-corrected chi connectivity index (χ0v) is 17.7. The quantitative estimate of drug-likeness (QED) is 0.351. The number of carbonyl (C=O) groups is 1. The molecular formula is C23H24ClN3O3. The lowest BCUT2D eigenvalue weighted by molar-refractivity contribution is -0.384. The summed E-state index contributed by atoms with van der Waals surface area (Å²) < 4.78 is 2.12. The topological polar surface area (TPSA) is 68.4 Å². The fourth-order valence-corrected chi connectivity index (χ4v) is 3.55. The Bertz CT molecular complexity index is 1030. The first-order chi connectivity index (χ1) is 14.4. The van der Waals surface area contributed by atoms with Gasteiger partial charge in [0.05, 0.1) is 22.1 Å². The summed E-state index contributed by atoms with van der Waals surface area (Å²) in [6.07, 6.45) is 2.77. The summed E-state index contributed by atoms with van der Waals surface area (Å²) in [4.78, 5) is 25.5. The molecule has 156 valence electrons. The minimum atomic E-state index is -0.525. The maximum absolute atomic E-state index is 13.3. The van der Waals surface area contributed by atoms with E-state index in [9.17, 15) is 14.9 Å². The Balaban J connectivity index is 1.87. The molecule has 1 aromatic heterocycles. The number of hydrogen-bond acceptors (Lipinski definition) is 3. The summed E-state index contributed by atoms with van der Waals surface area (Å²) in [6, 6.07) is 18.0. The van der Waals surface area contributed by atoms with Crippen molar-refractivity contribution >= 4 is 23.2 Å². The van der Waals surface area contributed by atoms with Crippen molar-refractivity contribution in [3.63, 3.8) is 0 Å². The monoisotopic (exact) mass is 425 g/mol. The first-order valence-corrected chi connectivity index (χ1v) is 10.2. The van der Waals surface area contributed by atoms with Crippen molar-refractivity contribution in [2.45, 2.75) is 39.4 Å². The fourth-order valence-electron chi connectivity index (χ4n) is 3.30. The van der Waals surface area contributed by atoms with E-state index in [4.69, 9.17) is 11.6 Å². The van der Waals surface area contributed by atoms with E-state index in [2.05, 4.69) is 16.7 Å². The molecular weight excluding hydrogens is 402 g/mol. The molecule has 0 aliphatic heterocycles. The molecule has 1 atom stereocenters. The van der Waals surface area contributed by atoms with Gasteiger partial charge in [-0.3, -0.25) is 14.9 Å². The summed E-state index contributed by atoms with van der Waals surface area (Å²) in [5, 5.41) is 11.1. The normalized spacial score (nSPS) is 11.8. The van der Waals surface area contributed by atoms with Crippen LogP contribution in [0.5, 0.6) is 0 Å². The van der Waals surface area contributed by atoms with Crippen LogP contribution in [-0.4, -0.2) is 26.3 Å². The third kappa shape index (κ3) is 4.89. The Morgan fingerprint density at radius 3 is 2.53 bits per heavy atom. The first-order valence-electron chi connectivity index (χ1n) is 9.83. The van der Waals surface area contributed by atoms with Gasteiger partial charge in [0.25, 0.3) is 11.6 Å². The number of benzene rings is 2. The van der Waals surface area contributed by atoms with E-state index in [1.54, 1.807) is 4.90 Å². The van der Waals surface area contributed by atoms with Crippen LogP contribution in [0.1, 0.15) is 41.9 Å². The molecule has 0 saturated heterocycles. The third-order valence-corrected chi connectivity index (χ3v) is 5.54. The van der Waals surface area contributed by atoms with E-state index in [0.29, 0.717) is 13.1 Å². The summed E-state index contributed by atoms with van der Waals surface area (Å²) in [6.45, 7) is 5.14. The molecule has 0 radical (unpaired) electrons. The van der Waals surface area contributed by atoms with Gasteiger partial charge in [0.15, 0.2) is 0 Å². The van der Waals surface area contributed by atoms with Crippen LogP contribution in [0.3, 0.4) is 0 Å². The van der Waals surface area contributed by atoms with Crippen LogP contribution in [0.25, 0.3) is 0 Å². The van der Waals surface area contributed by atoms with E-state index < -0.39 is 4.92 Å². The average molecular weight is 426 g/mol. The number of halogens is 1. The molecule has 0 spiro atoms. The van der Waals surface area contributed by atoms with Gasteiger partial charge >= 0.3 is 0 Å². The van der Waals surface area contributed by atoms with Gasteiger partial charge in [0, 0.05) is 36.6 Å². The Morgan fingerprint density at radius 1 is 1.17 bits per heavy atom. The predicted octanol–water partition coefficient (Wildman–Crippen LogP) is 5.54. The number of nitro groups is 1. The molecule has 0 fully saturated rings. The molecule has 0 saturated carbocycles. The number of amides is 1. The van der Waals surface area contributed by atoms with Gasteiger partial charge < -0.3 is 9.47 Å². The van der Waals surface area contributed by atoms with Gasteiger partial charge in [-0.25, -0.2) is 0 Å². The number of non-ortho nitro benzene ring substituents is 1. The molecule has 30 heavy (non-hydrogen) atoms. The second kappa shape index (κ2) is 9.59. The lowest BCUT2D eigenvalue weighted by atomic mass is 10.1. The molecule has 6 nitrogen and oxygen atoms in total. The molecule has 1 heterocycles. The van der Waals surface area contributed by atoms with Crippen molar-refractivity contribution < 1.29 is 9.72 Å². The summed E-state index contributed by atoms with van der Waals surface area (Å²) in [5.74, 6) is -0.239. The highest BCUT2D eigenvalue weighted by Gasteiger charge is 2.25. The van der Waals surface area contributed by atoms with Gasteiger partial charge in [-0.05, 0) is 37.1 Å². The smallest absolute Gasteiger partial charge is 0.270 e. The molecule has 3 rings (SSSR count). The third-order valence-electron chi connectivity index (χ3n) is 5.23. The van der Waals surface area contributed by atoms with E-state index in [1.165, 1.54) is 23.8 Å². The molecule has 7 heteroatoms. The van der Waals surface area contributed by atoms with Crippen LogP contribution in [0.4, 0.5) is 5.69 Å². The summed E-state index contributed by atoms with van der Waals surface area (Å²) in [5.41, 5.74) is 2.31. The Labute approximate surface area is 180 Å². The lowest BCUT2D eigenvalue weighted by Gasteiger charge is -2.29. The van der Waals surface area contributed by atoms with E-state index in [0.717, 1.165) is 12.1 Å². The van der Waals surface area contributed by atoms with Crippen molar-refractivity contribution in [3.8, 4) is 0 Å². The van der Waals surface area contributed by atoms with Crippen molar-refractivity contribution in [1.29, 1.82) is 0 Å². The van der Waals surface area contributed by atoms with Crippen LogP contribution in [0.2, 0.25) is 5.02 Å². The molecule has 3 aromatic rings. The summed E-state index contributed by atoms with van der Waals surface area (Å²) >= 11 is 6.22. The average Bonchev–Trinajstić information content (AvgIpc) is 3.18. The Hall–Kier alpha value is -3.12. The number of nitrogens with zero attached hydrogens (tertiary/aromatic N) is 3. The molecule has 0 bridgehead atoms. The number of hydrogen-bond donors (Lipinski definition) is 0. The van der Waals surface area contributed by atoms with Gasteiger partial charge in [0.2, 0.25) is 0 Å². The molecule has 2 aromatic carbocycles. The zero-order valence-electron chi connectivity index (χ0n) is 17.0. The van der Waals surface area contributed by atoms with E-state index in [-0.39, 0.29) is 28.2 Å². The highest BCUT2D eigenvalue weighted by Crippen LogP contribution is 2.25. The van der Waals surface area contributed by atoms with Crippen LogP contribution in [0, 0.1) is 10.1 Å². The molecule has 1 unspecified atom stereocenters. The largest absolute Gasteiger partial charge is 0.345 e. The highest BCUT2D eigenvalue weighted by molar-refractivity contribution is 6.34. The van der Waals surface area contributed by atoms with Crippen LogP contribution in [0.15, 0.2) is 66.9 Å². The SMILES string of the molecule is CCC(C)N(Cc1cccn1Cc1ccccc1)C(=O)c1ccc([N+](=O)[O-])cc1Cl. The summed E-state index contributed by atoms with van der Waals surface area (Å²) in [7, 11) is 0. The standard InChI is InChI=1S/C23H24ClN3O3/c1-3-17(2)26(23(28)21-12-11-19(27(29)30)14-22(21)24)16-20-10-7-13-25(20)15-18-8-5-4-6-9-18/h4-14,17H,3,15-16H2,1-2H3. The van der Waals surface area contributed by atoms with Gasteiger partial charge in [0.1, 0.15) is 0 Å². The van der Waals surface area contributed by atoms with Crippen molar-refractivity contribution in [3.05, 3.63) is 98.8 Å². The maximum Gasteiger partial charge on any atom is 0.270 e. The number of carbonyl (C=O) groups excluding carboxylic acids is 1. The lowest BCUT2D eigenvalue weighted by Crippen LogP contribution is -2.38. The number of aromatic nitrogens is 1. The first kappa shape index (κ1) is 21.6.